The number of amides is 1. The largest absolute Gasteiger partial charge is 0.493 e. The number of aromatic hydroxyl groups is 1. The van der Waals surface area contributed by atoms with Crippen LogP contribution in [0.2, 0.25) is 0 Å². The molecule has 1 N–H and O–H groups in total. The Bertz CT molecular complexity index is 691. The molecule has 1 amide bonds. The van der Waals surface area contributed by atoms with Crippen molar-refractivity contribution in [3.8, 4) is 5.88 Å². The molecule has 0 atom stereocenters. The number of hydrogen-bond acceptors (Lipinski definition) is 4. The van der Waals surface area contributed by atoms with Crippen molar-refractivity contribution in [3.05, 3.63) is 35.9 Å². The van der Waals surface area contributed by atoms with Crippen molar-refractivity contribution < 1.29 is 9.90 Å². The molecule has 0 aliphatic carbocycles. The maximum absolute atomic E-state index is 12.8. The third kappa shape index (κ3) is 2.76. The summed E-state index contributed by atoms with van der Waals surface area (Å²) in [6, 6.07) is 9.39. The Morgan fingerprint density at radius 2 is 1.86 bits per heavy atom. The molecule has 0 unspecified atom stereocenters. The predicted octanol–water partition coefficient (Wildman–Crippen LogP) is 2.11. The molecule has 5 nitrogen and oxygen atoms in total. The van der Waals surface area contributed by atoms with E-state index in [9.17, 15) is 9.90 Å². The van der Waals surface area contributed by atoms with Gasteiger partial charge in [0.1, 0.15) is 0 Å². The number of fused-ring (bicyclic) bond motifs is 1. The number of aromatic nitrogens is 1. The first-order valence-corrected chi connectivity index (χ1v) is 7.68. The van der Waals surface area contributed by atoms with Gasteiger partial charge >= 0.3 is 0 Å². The highest BCUT2D eigenvalue weighted by Crippen LogP contribution is 2.23. The summed E-state index contributed by atoms with van der Waals surface area (Å²) < 4.78 is 0. The molecule has 3 rings (SSSR count). The number of benzene rings is 1. The van der Waals surface area contributed by atoms with Crippen LogP contribution in [0.25, 0.3) is 10.9 Å². The molecular formula is C17H21N3O2. The third-order valence-corrected chi connectivity index (χ3v) is 4.26. The minimum Gasteiger partial charge on any atom is -0.493 e. The fourth-order valence-electron chi connectivity index (χ4n) is 2.95. The molecule has 116 valence electrons. The molecule has 1 saturated heterocycles. The van der Waals surface area contributed by atoms with Gasteiger partial charge in [0, 0.05) is 43.7 Å². The standard InChI is InChI=1S/C17H21N3O2/c1-12(2)19-7-9-20(10-8-19)17(22)14-11-16(21)18-15-6-4-3-5-13(14)15/h3-6,11-12H,7-10H2,1-2H3,(H,18,21). The summed E-state index contributed by atoms with van der Waals surface area (Å²) in [5, 5.41) is 10.6. The second-order valence-corrected chi connectivity index (χ2v) is 5.97. The van der Waals surface area contributed by atoms with Crippen LogP contribution in [0.5, 0.6) is 5.88 Å². The Kier molecular flexibility index (Phi) is 3.98. The molecular weight excluding hydrogens is 278 g/mol. The zero-order valence-corrected chi connectivity index (χ0v) is 13.0. The van der Waals surface area contributed by atoms with E-state index in [1.807, 2.05) is 29.2 Å². The van der Waals surface area contributed by atoms with Crippen molar-refractivity contribution >= 4 is 16.8 Å². The Labute approximate surface area is 130 Å². The van der Waals surface area contributed by atoms with Crippen LogP contribution in [0.3, 0.4) is 0 Å². The van der Waals surface area contributed by atoms with Gasteiger partial charge in [0.15, 0.2) is 0 Å². The van der Waals surface area contributed by atoms with Crippen molar-refractivity contribution in [1.29, 1.82) is 0 Å². The van der Waals surface area contributed by atoms with Crippen molar-refractivity contribution in [2.45, 2.75) is 19.9 Å². The predicted molar refractivity (Wildman–Crippen MR) is 86.0 cm³/mol. The molecule has 1 fully saturated rings. The maximum Gasteiger partial charge on any atom is 0.254 e. The van der Waals surface area contributed by atoms with E-state index in [-0.39, 0.29) is 11.8 Å². The molecule has 5 heteroatoms. The van der Waals surface area contributed by atoms with E-state index in [0.717, 1.165) is 18.5 Å². The van der Waals surface area contributed by atoms with Gasteiger partial charge < -0.3 is 10.0 Å². The normalized spacial score (nSPS) is 16.4. The second-order valence-electron chi connectivity index (χ2n) is 5.97. The molecule has 2 aromatic rings. The number of carbonyl (C=O) groups excluding carboxylic acids is 1. The van der Waals surface area contributed by atoms with E-state index in [0.29, 0.717) is 30.2 Å². The topological polar surface area (TPSA) is 56.7 Å². The van der Waals surface area contributed by atoms with E-state index in [1.165, 1.54) is 6.07 Å². The van der Waals surface area contributed by atoms with Gasteiger partial charge in [-0.3, -0.25) is 9.69 Å². The average Bonchev–Trinajstić information content (AvgIpc) is 2.53. The quantitative estimate of drug-likeness (QED) is 0.922. The lowest BCUT2D eigenvalue weighted by molar-refractivity contribution is 0.0597. The van der Waals surface area contributed by atoms with E-state index < -0.39 is 0 Å². The average molecular weight is 299 g/mol. The monoisotopic (exact) mass is 299 g/mol. The highest BCUT2D eigenvalue weighted by Gasteiger charge is 2.24. The molecule has 2 heterocycles. The molecule has 0 bridgehead atoms. The second kappa shape index (κ2) is 5.93. The summed E-state index contributed by atoms with van der Waals surface area (Å²) in [6.45, 7) is 7.55. The van der Waals surface area contributed by atoms with Gasteiger partial charge in [-0.1, -0.05) is 18.2 Å². The third-order valence-electron chi connectivity index (χ3n) is 4.26. The molecule has 1 aliphatic rings. The van der Waals surface area contributed by atoms with Crippen LogP contribution < -0.4 is 0 Å². The van der Waals surface area contributed by atoms with Crippen molar-refractivity contribution in [2.24, 2.45) is 0 Å². The maximum atomic E-state index is 12.8. The van der Waals surface area contributed by atoms with E-state index in [4.69, 9.17) is 0 Å². The summed E-state index contributed by atoms with van der Waals surface area (Å²) in [5.74, 6) is -0.139. The fraction of sp³-hybridized carbons (Fsp3) is 0.412. The summed E-state index contributed by atoms with van der Waals surface area (Å²) in [5.41, 5.74) is 1.17. The Hall–Kier alpha value is -2.14. The highest BCUT2D eigenvalue weighted by molar-refractivity contribution is 6.06. The first-order chi connectivity index (χ1) is 10.6. The van der Waals surface area contributed by atoms with Gasteiger partial charge in [0.2, 0.25) is 5.88 Å². The smallest absolute Gasteiger partial charge is 0.254 e. The van der Waals surface area contributed by atoms with Gasteiger partial charge in [-0.15, -0.1) is 0 Å². The SMILES string of the molecule is CC(C)N1CCN(C(=O)c2cc(O)nc3ccccc23)CC1. The van der Waals surface area contributed by atoms with Crippen molar-refractivity contribution in [2.75, 3.05) is 26.2 Å². The highest BCUT2D eigenvalue weighted by atomic mass is 16.3. The number of para-hydroxylation sites is 1. The summed E-state index contributed by atoms with van der Waals surface area (Å²) >= 11 is 0. The number of carbonyl (C=O) groups is 1. The van der Waals surface area contributed by atoms with Crippen LogP contribution in [0.15, 0.2) is 30.3 Å². The van der Waals surface area contributed by atoms with Crippen molar-refractivity contribution in [1.82, 2.24) is 14.8 Å². The Morgan fingerprint density at radius 1 is 1.18 bits per heavy atom. The van der Waals surface area contributed by atoms with Crippen LogP contribution >= 0.6 is 0 Å². The van der Waals surface area contributed by atoms with Crippen molar-refractivity contribution in [3.63, 3.8) is 0 Å². The number of piperazine rings is 1. The van der Waals surface area contributed by atoms with Gasteiger partial charge in [-0.2, -0.15) is 0 Å². The first kappa shape index (κ1) is 14.8. The van der Waals surface area contributed by atoms with Gasteiger partial charge in [-0.25, -0.2) is 4.98 Å². The number of hydrogen-bond donors (Lipinski definition) is 1. The molecule has 0 saturated carbocycles. The summed E-state index contributed by atoms with van der Waals surface area (Å²) in [7, 11) is 0. The number of rotatable bonds is 2. The zero-order chi connectivity index (χ0) is 15.7. The van der Waals surface area contributed by atoms with Gasteiger partial charge in [-0.05, 0) is 19.9 Å². The van der Waals surface area contributed by atoms with E-state index in [1.54, 1.807) is 0 Å². The molecule has 1 aromatic carbocycles. The summed E-state index contributed by atoms with van der Waals surface area (Å²) in [4.78, 5) is 21.1. The minimum atomic E-state index is -0.108. The minimum absolute atomic E-state index is 0.0303. The first-order valence-electron chi connectivity index (χ1n) is 7.68. The zero-order valence-electron chi connectivity index (χ0n) is 13.0. The van der Waals surface area contributed by atoms with Crippen LogP contribution in [0, 0.1) is 0 Å². The lowest BCUT2D eigenvalue weighted by atomic mass is 10.1. The fourth-order valence-corrected chi connectivity index (χ4v) is 2.95. The van der Waals surface area contributed by atoms with Crippen LogP contribution in [-0.4, -0.2) is 58.0 Å². The lowest BCUT2D eigenvalue weighted by Gasteiger charge is -2.37. The number of pyridine rings is 1. The Balaban J connectivity index is 1.87. The van der Waals surface area contributed by atoms with E-state index in [2.05, 4.69) is 23.7 Å². The molecule has 1 aliphatic heterocycles. The van der Waals surface area contributed by atoms with Crippen LogP contribution in [-0.2, 0) is 0 Å². The summed E-state index contributed by atoms with van der Waals surface area (Å²) in [6.07, 6.45) is 0. The lowest BCUT2D eigenvalue weighted by Crippen LogP contribution is -2.50. The molecule has 22 heavy (non-hydrogen) atoms. The molecule has 0 spiro atoms. The van der Waals surface area contributed by atoms with Gasteiger partial charge in [0.05, 0.1) is 11.1 Å². The molecule has 1 aromatic heterocycles. The van der Waals surface area contributed by atoms with Crippen LogP contribution in [0.4, 0.5) is 0 Å². The Morgan fingerprint density at radius 3 is 2.55 bits per heavy atom. The van der Waals surface area contributed by atoms with Gasteiger partial charge in [0.25, 0.3) is 5.91 Å². The number of nitrogens with zero attached hydrogens (tertiary/aromatic N) is 3. The molecule has 0 radical (unpaired) electrons. The van der Waals surface area contributed by atoms with E-state index >= 15 is 0 Å². The van der Waals surface area contributed by atoms with Crippen LogP contribution in [0.1, 0.15) is 24.2 Å².